The minimum Gasteiger partial charge on any atom is -0.308 e. The molecular weight excluding hydrogens is 839 g/mol. The Hall–Kier alpha value is -8.67. The van der Waals surface area contributed by atoms with E-state index in [1.807, 2.05) is 6.07 Å². The van der Waals surface area contributed by atoms with E-state index < -0.39 is 5.41 Å². The number of nitrogens with zero attached hydrogens (tertiary/aromatic N) is 5. The van der Waals surface area contributed by atoms with Crippen molar-refractivity contribution >= 4 is 49.3 Å². The van der Waals surface area contributed by atoms with E-state index in [9.17, 15) is 0 Å². The highest BCUT2D eigenvalue weighted by Crippen LogP contribution is 2.63. The van der Waals surface area contributed by atoms with E-state index in [0.29, 0.717) is 23.5 Å². The van der Waals surface area contributed by atoms with Crippen molar-refractivity contribution in [1.29, 1.82) is 0 Å². The molecule has 5 heteroatoms. The van der Waals surface area contributed by atoms with Crippen LogP contribution >= 0.6 is 0 Å². The van der Waals surface area contributed by atoms with Gasteiger partial charge in [-0.2, -0.15) is 9.97 Å². The Morgan fingerprint density at radius 2 is 1.00 bits per heavy atom. The van der Waals surface area contributed by atoms with Crippen molar-refractivity contribution in [2.45, 2.75) is 24.7 Å². The number of hydrogen-bond acceptors (Lipinski definition) is 3. The Balaban J connectivity index is 0.996. The summed E-state index contributed by atoms with van der Waals surface area (Å²) in [6, 6.07) is 66.3. The van der Waals surface area contributed by atoms with Crippen LogP contribution in [0.5, 0.6) is 0 Å². The molecule has 324 valence electrons. The summed E-state index contributed by atoms with van der Waals surface area (Å²) in [5, 5.41) is 4.70. The first-order valence-electron chi connectivity index (χ1n) is 24.2. The molecular formula is C64H43N5. The number of aromatic nitrogens is 5. The highest BCUT2D eigenvalue weighted by Gasteiger charge is 2.51. The quantitative estimate of drug-likeness (QED) is 0.173. The first-order valence-corrected chi connectivity index (χ1v) is 24.2. The molecule has 0 aliphatic heterocycles. The lowest BCUT2D eigenvalue weighted by Gasteiger charge is -2.30. The summed E-state index contributed by atoms with van der Waals surface area (Å²) >= 11 is 0. The summed E-state index contributed by atoms with van der Waals surface area (Å²) < 4.78 is 4.79. The standard InChI is InChI=1S/C64H43N5/c1-3-17-40(18-4-1)41-31-34-44(35-32-41)68-57-29-15-10-24-49(57)51-37-38-52-50-25-11-16-30-58(50)69(60(52)59(51)68)63-66-61(42-19-5-2-6-20-42)65-62(67-63)43-33-36-48-47-23-9-14-28-55(47)64(56(48)39-43)53-26-12-7-21-45(53)46-22-8-13-27-54(46)64/h2-3,5-31,33-39,41H,1,4,32H2. The number of benzene rings is 8. The fraction of sp³-hybridized carbons (Fsp3) is 0.0781. The number of hydrogen-bond donors (Lipinski definition) is 0. The van der Waals surface area contributed by atoms with Gasteiger partial charge in [-0.25, -0.2) is 4.98 Å². The van der Waals surface area contributed by atoms with Gasteiger partial charge < -0.3 is 4.57 Å². The fourth-order valence-corrected chi connectivity index (χ4v) is 12.5. The van der Waals surface area contributed by atoms with Crippen molar-refractivity contribution in [3.8, 4) is 51.0 Å². The smallest absolute Gasteiger partial charge is 0.238 e. The number of para-hydroxylation sites is 2. The van der Waals surface area contributed by atoms with Crippen LogP contribution in [0.15, 0.2) is 224 Å². The van der Waals surface area contributed by atoms with Crippen molar-refractivity contribution in [3.63, 3.8) is 0 Å². The molecule has 5 nitrogen and oxygen atoms in total. The van der Waals surface area contributed by atoms with Gasteiger partial charge in [0.15, 0.2) is 11.6 Å². The van der Waals surface area contributed by atoms with Gasteiger partial charge in [-0.05, 0) is 93.6 Å². The highest BCUT2D eigenvalue weighted by molar-refractivity contribution is 6.24. The minimum atomic E-state index is -0.495. The third kappa shape index (κ3) is 5.38. The molecule has 0 bridgehead atoms. The Morgan fingerprint density at radius 3 is 1.62 bits per heavy atom. The first kappa shape index (κ1) is 38.4. The summed E-state index contributed by atoms with van der Waals surface area (Å²) in [5.41, 5.74) is 18.6. The number of allylic oxidation sites excluding steroid dienone is 8. The van der Waals surface area contributed by atoms with Gasteiger partial charge >= 0.3 is 0 Å². The highest BCUT2D eigenvalue weighted by atomic mass is 15.2. The van der Waals surface area contributed by atoms with Crippen LogP contribution in [0, 0.1) is 5.92 Å². The third-order valence-corrected chi connectivity index (χ3v) is 15.4. The van der Waals surface area contributed by atoms with Crippen LogP contribution in [0.2, 0.25) is 0 Å². The predicted octanol–water partition coefficient (Wildman–Crippen LogP) is 15.4. The lowest BCUT2D eigenvalue weighted by Crippen LogP contribution is -2.25. The van der Waals surface area contributed by atoms with Gasteiger partial charge in [0, 0.05) is 44.3 Å². The second-order valence-electron chi connectivity index (χ2n) is 18.9. The zero-order valence-corrected chi connectivity index (χ0v) is 37.7. The van der Waals surface area contributed by atoms with E-state index in [1.54, 1.807) is 0 Å². The summed E-state index contributed by atoms with van der Waals surface area (Å²) in [6.45, 7) is 0. The van der Waals surface area contributed by atoms with Crippen LogP contribution in [-0.4, -0.2) is 24.1 Å². The molecule has 69 heavy (non-hydrogen) atoms. The number of rotatable bonds is 5. The van der Waals surface area contributed by atoms with Gasteiger partial charge in [-0.1, -0.05) is 194 Å². The summed E-state index contributed by atoms with van der Waals surface area (Å²) in [6.07, 6.45) is 17.4. The van der Waals surface area contributed by atoms with E-state index in [2.05, 4.69) is 222 Å². The topological polar surface area (TPSA) is 48.5 Å². The SMILES string of the molecule is C1=CC(C2C=CC(n3c4ccccc4c4ccc5c6ccccc6n(-c6nc(-c7ccccc7)nc(-c7ccc8c(c7)C7(c9ccccc9-c9ccccc97)c7ccccc7-8)n6)c5c43)=CC2)=CCC1. The van der Waals surface area contributed by atoms with Crippen LogP contribution in [0.1, 0.15) is 41.5 Å². The van der Waals surface area contributed by atoms with E-state index in [1.165, 1.54) is 72.1 Å². The molecule has 1 spiro atoms. The maximum Gasteiger partial charge on any atom is 0.238 e. The molecule has 8 aromatic carbocycles. The van der Waals surface area contributed by atoms with Crippen LogP contribution in [0.4, 0.5) is 0 Å². The minimum absolute atomic E-state index is 0.367. The Labute approximate surface area is 399 Å². The molecule has 1 atom stereocenters. The Bertz CT molecular complexity index is 4060. The predicted molar refractivity (Wildman–Crippen MR) is 282 cm³/mol. The van der Waals surface area contributed by atoms with Crippen molar-refractivity contribution in [2.24, 2.45) is 5.92 Å². The van der Waals surface area contributed by atoms with Crippen molar-refractivity contribution < 1.29 is 0 Å². The van der Waals surface area contributed by atoms with Gasteiger partial charge in [0.1, 0.15) is 0 Å². The Kier molecular flexibility index (Phi) is 8.17. The van der Waals surface area contributed by atoms with Gasteiger partial charge in [0.2, 0.25) is 5.95 Å². The van der Waals surface area contributed by atoms with E-state index >= 15 is 0 Å². The maximum atomic E-state index is 5.60. The largest absolute Gasteiger partial charge is 0.308 e. The van der Waals surface area contributed by atoms with E-state index in [-0.39, 0.29) is 0 Å². The lowest BCUT2D eigenvalue weighted by atomic mass is 9.70. The zero-order chi connectivity index (χ0) is 45.2. The van der Waals surface area contributed by atoms with Gasteiger partial charge in [-0.3, -0.25) is 4.57 Å². The molecule has 0 saturated carbocycles. The third-order valence-electron chi connectivity index (χ3n) is 15.4. The van der Waals surface area contributed by atoms with Gasteiger partial charge in [0.25, 0.3) is 0 Å². The average Bonchev–Trinajstić information content (AvgIpc) is 4.13. The molecule has 3 heterocycles. The zero-order valence-electron chi connectivity index (χ0n) is 37.7. The van der Waals surface area contributed by atoms with Crippen LogP contribution < -0.4 is 0 Å². The average molecular weight is 882 g/mol. The molecule has 0 saturated heterocycles. The second-order valence-corrected chi connectivity index (χ2v) is 18.9. The molecule has 4 aliphatic rings. The van der Waals surface area contributed by atoms with Crippen molar-refractivity contribution in [3.05, 3.63) is 246 Å². The first-order chi connectivity index (χ1) is 34.2. The molecule has 0 N–H and O–H groups in total. The van der Waals surface area contributed by atoms with Crippen molar-refractivity contribution in [2.75, 3.05) is 0 Å². The van der Waals surface area contributed by atoms with Crippen LogP contribution in [0.3, 0.4) is 0 Å². The van der Waals surface area contributed by atoms with Gasteiger partial charge in [-0.15, -0.1) is 0 Å². The lowest BCUT2D eigenvalue weighted by molar-refractivity contribution is 0.769. The molecule has 0 radical (unpaired) electrons. The van der Waals surface area contributed by atoms with E-state index in [0.717, 1.165) is 57.7 Å². The van der Waals surface area contributed by atoms with Crippen LogP contribution in [0.25, 0.3) is 100 Å². The molecule has 3 aromatic heterocycles. The maximum absolute atomic E-state index is 5.60. The van der Waals surface area contributed by atoms with Gasteiger partial charge in [0.05, 0.1) is 27.5 Å². The normalized spacial score (nSPS) is 16.3. The van der Waals surface area contributed by atoms with Crippen LogP contribution in [-0.2, 0) is 5.41 Å². The summed E-state index contributed by atoms with van der Waals surface area (Å²) in [5.74, 6) is 2.19. The van der Waals surface area contributed by atoms with Crippen molar-refractivity contribution in [1.82, 2.24) is 24.1 Å². The second kappa shape index (κ2) is 14.7. The Morgan fingerprint density at radius 1 is 0.435 bits per heavy atom. The summed E-state index contributed by atoms with van der Waals surface area (Å²) in [4.78, 5) is 16.5. The molecule has 0 fully saturated rings. The summed E-state index contributed by atoms with van der Waals surface area (Å²) in [7, 11) is 0. The molecule has 4 aliphatic carbocycles. The molecule has 15 rings (SSSR count). The fourth-order valence-electron chi connectivity index (χ4n) is 12.5. The number of fused-ring (bicyclic) bond motifs is 17. The molecule has 1 unspecified atom stereocenters. The molecule has 0 amide bonds. The molecule has 11 aromatic rings. The monoisotopic (exact) mass is 881 g/mol. The van der Waals surface area contributed by atoms with E-state index in [4.69, 9.17) is 15.0 Å².